The number of carbonyl (C=O) groups is 1. The third-order valence-corrected chi connectivity index (χ3v) is 7.36. The molecule has 0 atom stereocenters. The van der Waals surface area contributed by atoms with Crippen LogP contribution in [-0.4, -0.2) is 29.0 Å². The first-order chi connectivity index (χ1) is 16.4. The minimum absolute atomic E-state index is 0.0403. The number of halogens is 1. The largest absolute Gasteiger partial charge is 0.322 e. The summed E-state index contributed by atoms with van der Waals surface area (Å²) in [5, 5.41) is 3.86. The lowest BCUT2D eigenvalue weighted by Crippen LogP contribution is -2.35. The molecule has 0 aliphatic heterocycles. The Hall–Kier alpha value is -1.65. The van der Waals surface area contributed by atoms with Gasteiger partial charge in [-0.1, -0.05) is 75.4 Å². The highest BCUT2D eigenvalue weighted by Crippen LogP contribution is 2.25. The van der Waals surface area contributed by atoms with Gasteiger partial charge in [0.1, 0.15) is 0 Å². The summed E-state index contributed by atoms with van der Waals surface area (Å²) < 4.78 is 0. The van der Waals surface area contributed by atoms with Gasteiger partial charge in [0, 0.05) is 23.8 Å². The zero-order valence-corrected chi connectivity index (χ0v) is 23.2. The van der Waals surface area contributed by atoms with Gasteiger partial charge in [-0.2, -0.15) is 11.8 Å². The van der Waals surface area contributed by atoms with E-state index in [0.29, 0.717) is 11.6 Å². The SMILES string of the molecule is CCCCCCCN(Cc1ccc(CCCCSCC)cc1)C(=O)Nc1c(C)cc(Cl)cc1C. The lowest BCUT2D eigenvalue weighted by atomic mass is 10.1. The van der Waals surface area contributed by atoms with E-state index in [1.54, 1.807) is 0 Å². The van der Waals surface area contributed by atoms with E-state index in [4.69, 9.17) is 11.6 Å². The van der Waals surface area contributed by atoms with Gasteiger partial charge in [-0.3, -0.25) is 0 Å². The zero-order chi connectivity index (χ0) is 24.8. The van der Waals surface area contributed by atoms with Crippen LogP contribution in [0.2, 0.25) is 5.02 Å². The Morgan fingerprint density at radius 1 is 0.912 bits per heavy atom. The van der Waals surface area contributed by atoms with E-state index in [-0.39, 0.29) is 6.03 Å². The molecule has 3 nitrogen and oxygen atoms in total. The van der Waals surface area contributed by atoms with E-state index in [0.717, 1.165) is 42.6 Å². The van der Waals surface area contributed by atoms with Crippen LogP contribution in [0.3, 0.4) is 0 Å². The number of hydrogen-bond acceptors (Lipinski definition) is 2. The number of nitrogens with one attached hydrogen (secondary N) is 1. The maximum absolute atomic E-state index is 13.3. The van der Waals surface area contributed by atoms with Gasteiger partial charge in [-0.15, -0.1) is 0 Å². The number of aryl methyl sites for hydroxylation is 3. The third-order valence-electron chi connectivity index (χ3n) is 6.15. The molecule has 0 fully saturated rings. The number of nitrogens with zero attached hydrogens (tertiary/aromatic N) is 1. The van der Waals surface area contributed by atoms with Crippen LogP contribution >= 0.6 is 23.4 Å². The standard InChI is InChI=1S/C29H43ClN2OS/c1-5-7-8-9-11-18-32(29(33)31-28-23(3)20-27(30)21-24(28)4)22-26-16-14-25(15-17-26)13-10-12-19-34-6-2/h14-17,20-21H,5-13,18-19,22H2,1-4H3,(H,31,33). The van der Waals surface area contributed by atoms with Crippen molar-refractivity contribution in [2.45, 2.75) is 85.6 Å². The van der Waals surface area contributed by atoms with E-state index in [9.17, 15) is 4.79 Å². The molecule has 0 aliphatic rings. The average molecular weight is 503 g/mol. The minimum atomic E-state index is -0.0403. The molecule has 0 radical (unpaired) electrons. The number of rotatable bonds is 15. The van der Waals surface area contributed by atoms with E-state index < -0.39 is 0 Å². The maximum Gasteiger partial charge on any atom is 0.322 e. The summed E-state index contributed by atoms with van der Waals surface area (Å²) >= 11 is 8.20. The van der Waals surface area contributed by atoms with Gasteiger partial charge in [-0.25, -0.2) is 4.79 Å². The van der Waals surface area contributed by atoms with E-state index in [2.05, 4.69) is 43.4 Å². The number of urea groups is 1. The van der Waals surface area contributed by atoms with Gasteiger partial charge in [0.2, 0.25) is 0 Å². The number of thioether (sulfide) groups is 1. The Kier molecular flexibility index (Phi) is 13.5. The lowest BCUT2D eigenvalue weighted by Gasteiger charge is -2.25. The molecular formula is C29H43ClN2OS. The predicted octanol–water partition coefficient (Wildman–Crippen LogP) is 9.04. The third kappa shape index (κ3) is 10.3. The second-order valence-corrected chi connectivity index (χ2v) is 11.0. The van der Waals surface area contributed by atoms with Crippen LogP contribution in [-0.2, 0) is 13.0 Å². The number of carbonyl (C=O) groups excluding carboxylic acids is 1. The molecule has 0 bridgehead atoms. The van der Waals surface area contributed by atoms with Crippen molar-refractivity contribution in [3.05, 3.63) is 63.7 Å². The van der Waals surface area contributed by atoms with Crippen LogP contribution in [0.25, 0.3) is 0 Å². The molecule has 2 rings (SSSR count). The van der Waals surface area contributed by atoms with Crippen molar-refractivity contribution >= 4 is 35.1 Å². The summed E-state index contributed by atoms with van der Waals surface area (Å²) in [5.41, 5.74) is 5.40. The molecule has 0 saturated heterocycles. The van der Waals surface area contributed by atoms with Crippen molar-refractivity contribution < 1.29 is 4.79 Å². The highest BCUT2D eigenvalue weighted by Gasteiger charge is 2.16. The molecule has 1 N–H and O–H groups in total. The number of benzene rings is 2. The van der Waals surface area contributed by atoms with Gasteiger partial charge in [-0.05, 0) is 85.4 Å². The number of hydrogen-bond donors (Lipinski definition) is 1. The first-order valence-electron chi connectivity index (χ1n) is 12.9. The van der Waals surface area contributed by atoms with Crippen LogP contribution in [0.1, 0.15) is 81.0 Å². The Balaban J connectivity index is 2.01. The summed E-state index contributed by atoms with van der Waals surface area (Å²) in [4.78, 5) is 15.3. The van der Waals surface area contributed by atoms with Crippen LogP contribution < -0.4 is 5.32 Å². The van der Waals surface area contributed by atoms with Gasteiger partial charge < -0.3 is 10.2 Å². The molecule has 34 heavy (non-hydrogen) atoms. The monoisotopic (exact) mass is 502 g/mol. The van der Waals surface area contributed by atoms with Crippen molar-refractivity contribution in [2.24, 2.45) is 0 Å². The quantitative estimate of drug-likeness (QED) is 0.246. The molecule has 0 spiro atoms. The summed E-state index contributed by atoms with van der Waals surface area (Å²) in [6, 6.07) is 12.6. The fourth-order valence-electron chi connectivity index (χ4n) is 4.16. The van der Waals surface area contributed by atoms with Gasteiger partial charge >= 0.3 is 6.03 Å². The number of anilines is 1. The molecule has 0 saturated carbocycles. The van der Waals surface area contributed by atoms with Crippen molar-refractivity contribution in [3.63, 3.8) is 0 Å². The van der Waals surface area contributed by atoms with Crippen molar-refractivity contribution in [3.8, 4) is 0 Å². The molecule has 0 aromatic heterocycles. The van der Waals surface area contributed by atoms with Crippen LogP contribution in [0, 0.1) is 13.8 Å². The maximum atomic E-state index is 13.3. The van der Waals surface area contributed by atoms with Gasteiger partial charge in [0.05, 0.1) is 0 Å². The molecule has 5 heteroatoms. The van der Waals surface area contributed by atoms with Crippen molar-refractivity contribution in [1.29, 1.82) is 0 Å². The van der Waals surface area contributed by atoms with Crippen LogP contribution in [0.5, 0.6) is 0 Å². The first-order valence-corrected chi connectivity index (χ1v) is 14.5. The second-order valence-electron chi connectivity index (χ2n) is 9.15. The average Bonchev–Trinajstić information content (AvgIpc) is 2.81. The van der Waals surface area contributed by atoms with E-state index in [1.165, 1.54) is 54.7 Å². The highest BCUT2D eigenvalue weighted by atomic mass is 35.5. The Labute approximate surface area is 217 Å². The molecule has 0 aliphatic carbocycles. The molecule has 2 aromatic rings. The predicted molar refractivity (Wildman–Crippen MR) is 151 cm³/mol. The lowest BCUT2D eigenvalue weighted by molar-refractivity contribution is 0.207. The number of amides is 2. The zero-order valence-electron chi connectivity index (χ0n) is 21.6. The van der Waals surface area contributed by atoms with Crippen LogP contribution in [0.4, 0.5) is 10.5 Å². The fraction of sp³-hybridized carbons (Fsp3) is 0.552. The van der Waals surface area contributed by atoms with Crippen LogP contribution in [0.15, 0.2) is 36.4 Å². The molecule has 0 unspecified atom stereocenters. The first kappa shape index (κ1) is 28.6. The van der Waals surface area contributed by atoms with E-state index >= 15 is 0 Å². The summed E-state index contributed by atoms with van der Waals surface area (Å²) in [5.74, 6) is 2.46. The molecule has 0 heterocycles. The topological polar surface area (TPSA) is 32.3 Å². The molecule has 188 valence electrons. The second kappa shape index (κ2) is 16.1. The highest BCUT2D eigenvalue weighted by molar-refractivity contribution is 7.99. The van der Waals surface area contributed by atoms with Gasteiger partial charge in [0.15, 0.2) is 0 Å². The summed E-state index contributed by atoms with van der Waals surface area (Å²) in [7, 11) is 0. The van der Waals surface area contributed by atoms with Gasteiger partial charge in [0.25, 0.3) is 0 Å². The summed E-state index contributed by atoms with van der Waals surface area (Å²) in [6.07, 6.45) is 9.53. The fourth-order valence-corrected chi connectivity index (χ4v) is 5.19. The van der Waals surface area contributed by atoms with E-state index in [1.807, 2.05) is 42.6 Å². The Morgan fingerprint density at radius 3 is 2.21 bits per heavy atom. The normalized spacial score (nSPS) is 11.0. The Morgan fingerprint density at radius 2 is 1.56 bits per heavy atom. The molecule has 2 amide bonds. The smallest absolute Gasteiger partial charge is 0.320 e. The van der Waals surface area contributed by atoms with Crippen molar-refractivity contribution in [1.82, 2.24) is 4.90 Å². The Bertz CT molecular complexity index is 846. The number of unbranched alkanes of at least 4 members (excludes halogenated alkanes) is 5. The molecule has 2 aromatic carbocycles. The summed E-state index contributed by atoms with van der Waals surface area (Å²) in [6.45, 7) is 9.81. The molecular weight excluding hydrogens is 460 g/mol. The minimum Gasteiger partial charge on any atom is -0.320 e. The van der Waals surface area contributed by atoms with Crippen molar-refractivity contribution in [2.75, 3.05) is 23.4 Å².